The third kappa shape index (κ3) is 2.81. The van der Waals surface area contributed by atoms with E-state index in [1.54, 1.807) is 12.1 Å². The van der Waals surface area contributed by atoms with Gasteiger partial charge in [-0.15, -0.1) is 0 Å². The minimum atomic E-state index is -0.250. The smallest absolute Gasteiger partial charge is 0.238 e. The second-order valence-corrected chi connectivity index (χ2v) is 4.08. The molecule has 2 rings (SSSR count). The highest BCUT2D eigenvalue weighted by molar-refractivity contribution is 5.82. The number of hydrazine groups is 1. The normalized spacial score (nSPS) is 23.6. The van der Waals surface area contributed by atoms with Crippen LogP contribution in [0.2, 0.25) is 0 Å². The van der Waals surface area contributed by atoms with Gasteiger partial charge in [-0.25, -0.2) is 15.2 Å². The quantitative estimate of drug-likeness (QED) is 0.731. The summed E-state index contributed by atoms with van der Waals surface area (Å²) >= 11 is 0. The number of rotatable bonds is 3. The summed E-state index contributed by atoms with van der Waals surface area (Å²) < 4.78 is 12.8. The molecular weight excluding hydrogens is 221 g/mol. The highest BCUT2D eigenvalue weighted by Crippen LogP contribution is 2.22. The summed E-state index contributed by atoms with van der Waals surface area (Å²) in [6.45, 7) is 2.51. The Bertz CT molecular complexity index is 393. The molecule has 0 radical (unpaired) electrons. The Morgan fingerprint density at radius 3 is 2.76 bits per heavy atom. The lowest BCUT2D eigenvalue weighted by Gasteiger charge is -2.09. The highest BCUT2D eigenvalue weighted by Gasteiger charge is 2.29. The highest BCUT2D eigenvalue weighted by atomic mass is 19.1. The fourth-order valence-electron chi connectivity index (χ4n) is 1.94. The van der Waals surface area contributed by atoms with E-state index in [0.29, 0.717) is 13.0 Å². The average molecular weight is 237 g/mol. The average Bonchev–Trinajstić information content (AvgIpc) is 2.80. The molecule has 1 heterocycles. The maximum Gasteiger partial charge on any atom is 0.238 e. The van der Waals surface area contributed by atoms with Gasteiger partial charge in [-0.1, -0.05) is 12.1 Å². The van der Waals surface area contributed by atoms with E-state index in [4.69, 9.17) is 0 Å². The van der Waals surface area contributed by atoms with Gasteiger partial charge < -0.3 is 5.32 Å². The molecule has 0 bridgehead atoms. The topological polar surface area (TPSA) is 53.2 Å². The largest absolute Gasteiger partial charge is 0.355 e. The summed E-state index contributed by atoms with van der Waals surface area (Å²) in [6.07, 6.45) is 0.664. The molecule has 3 N–H and O–H groups in total. The van der Waals surface area contributed by atoms with Crippen LogP contribution in [0.15, 0.2) is 24.3 Å². The van der Waals surface area contributed by atoms with Crippen LogP contribution in [0, 0.1) is 5.82 Å². The summed E-state index contributed by atoms with van der Waals surface area (Å²) in [4.78, 5) is 11.6. The number of carbonyl (C=O) groups is 1. The predicted octanol–water partition coefficient (Wildman–Crippen LogP) is 0.869. The number of nitrogens with one attached hydrogen (secondary N) is 3. The molecular formula is C12H16FN3O. The number of benzene rings is 1. The predicted molar refractivity (Wildman–Crippen MR) is 62.5 cm³/mol. The van der Waals surface area contributed by atoms with Gasteiger partial charge in [0.05, 0.1) is 0 Å². The van der Waals surface area contributed by atoms with Crippen molar-refractivity contribution in [2.24, 2.45) is 0 Å². The number of carbonyl (C=O) groups excluding carboxylic acids is 1. The molecule has 1 aromatic carbocycles. The molecule has 1 amide bonds. The molecule has 92 valence electrons. The van der Waals surface area contributed by atoms with Crippen LogP contribution in [0.1, 0.15) is 24.9 Å². The van der Waals surface area contributed by atoms with Gasteiger partial charge >= 0.3 is 0 Å². The third-order valence-electron chi connectivity index (χ3n) is 2.84. The van der Waals surface area contributed by atoms with E-state index < -0.39 is 0 Å². The lowest BCUT2D eigenvalue weighted by molar-refractivity contribution is -0.122. The molecule has 1 aromatic rings. The van der Waals surface area contributed by atoms with Gasteiger partial charge in [0.1, 0.15) is 11.9 Å². The van der Waals surface area contributed by atoms with Gasteiger partial charge in [-0.3, -0.25) is 4.79 Å². The van der Waals surface area contributed by atoms with Crippen molar-refractivity contribution in [3.63, 3.8) is 0 Å². The van der Waals surface area contributed by atoms with E-state index >= 15 is 0 Å². The van der Waals surface area contributed by atoms with Crippen LogP contribution in [0.5, 0.6) is 0 Å². The number of hydrogen-bond acceptors (Lipinski definition) is 3. The van der Waals surface area contributed by atoms with Crippen molar-refractivity contribution in [1.82, 2.24) is 16.2 Å². The lowest BCUT2D eigenvalue weighted by Crippen LogP contribution is -2.43. The summed E-state index contributed by atoms with van der Waals surface area (Å²) in [7, 11) is 0. The first-order chi connectivity index (χ1) is 8.20. The Balaban J connectivity index is 1.98. The van der Waals surface area contributed by atoms with Crippen LogP contribution in [-0.4, -0.2) is 18.5 Å². The van der Waals surface area contributed by atoms with Crippen molar-refractivity contribution in [1.29, 1.82) is 0 Å². The van der Waals surface area contributed by atoms with Gasteiger partial charge in [0.25, 0.3) is 0 Å². The van der Waals surface area contributed by atoms with Crippen LogP contribution in [0.25, 0.3) is 0 Å². The molecule has 0 aromatic heterocycles. The monoisotopic (exact) mass is 237 g/mol. The molecule has 1 fully saturated rings. The molecule has 0 aliphatic carbocycles. The first kappa shape index (κ1) is 12.0. The second kappa shape index (κ2) is 5.25. The van der Waals surface area contributed by atoms with Crippen molar-refractivity contribution < 1.29 is 9.18 Å². The number of likely N-dealkylation sites (N-methyl/N-ethyl adjacent to an activating group) is 1. The van der Waals surface area contributed by atoms with E-state index in [9.17, 15) is 9.18 Å². The number of hydrogen-bond donors (Lipinski definition) is 3. The first-order valence-electron chi connectivity index (χ1n) is 5.75. The van der Waals surface area contributed by atoms with Crippen molar-refractivity contribution >= 4 is 5.91 Å². The standard InChI is InChI=1S/C12H16FN3O/c1-2-14-12(17)11-7-10(15-16-11)8-3-5-9(13)6-4-8/h3-6,10-11,15-16H,2,7H2,1H3,(H,14,17). The van der Waals surface area contributed by atoms with Gasteiger partial charge in [0.2, 0.25) is 5.91 Å². The molecule has 2 atom stereocenters. The maximum atomic E-state index is 12.8. The first-order valence-corrected chi connectivity index (χ1v) is 5.75. The second-order valence-electron chi connectivity index (χ2n) is 4.08. The van der Waals surface area contributed by atoms with Crippen LogP contribution < -0.4 is 16.2 Å². The van der Waals surface area contributed by atoms with Gasteiger partial charge in [0.15, 0.2) is 0 Å². The Morgan fingerprint density at radius 1 is 1.41 bits per heavy atom. The van der Waals surface area contributed by atoms with E-state index in [-0.39, 0.29) is 23.8 Å². The van der Waals surface area contributed by atoms with E-state index in [0.717, 1.165) is 5.56 Å². The molecule has 5 heteroatoms. The maximum absolute atomic E-state index is 12.8. The molecule has 0 saturated carbocycles. The van der Waals surface area contributed by atoms with Crippen LogP contribution in [0.4, 0.5) is 4.39 Å². The van der Waals surface area contributed by atoms with Gasteiger partial charge in [-0.2, -0.15) is 0 Å². The fourth-order valence-corrected chi connectivity index (χ4v) is 1.94. The Hall–Kier alpha value is -1.46. The molecule has 1 saturated heterocycles. The molecule has 17 heavy (non-hydrogen) atoms. The SMILES string of the molecule is CCNC(=O)C1CC(c2ccc(F)cc2)NN1. The third-order valence-corrected chi connectivity index (χ3v) is 2.84. The van der Waals surface area contributed by atoms with E-state index in [1.165, 1.54) is 12.1 Å². The van der Waals surface area contributed by atoms with Gasteiger partial charge in [0, 0.05) is 12.6 Å². The van der Waals surface area contributed by atoms with E-state index in [2.05, 4.69) is 16.2 Å². The van der Waals surface area contributed by atoms with Crippen molar-refractivity contribution in [2.75, 3.05) is 6.54 Å². The molecule has 2 unspecified atom stereocenters. The Kier molecular flexibility index (Phi) is 3.71. The van der Waals surface area contributed by atoms with Crippen molar-refractivity contribution in [3.05, 3.63) is 35.6 Å². The van der Waals surface area contributed by atoms with Crippen LogP contribution in [0.3, 0.4) is 0 Å². The summed E-state index contributed by atoms with van der Waals surface area (Å²) in [5.41, 5.74) is 6.97. The zero-order chi connectivity index (χ0) is 12.3. The van der Waals surface area contributed by atoms with Crippen LogP contribution in [-0.2, 0) is 4.79 Å². The molecule has 4 nitrogen and oxygen atoms in total. The molecule has 0 spiro atoms. The minimum Gasteiger partial charge on any atom is -0.355 e. The zero-order valence-electron chi connectivity index (χ0n) is 9.66. The number of amides is 1. The summed E-state index contributed by atoms with van der Waals surface area (Å²) in [5, 5.41) is 2.77. The van der Waals surface area contributed by atoms with Gasteiger partial charge in [-0.05, 0) is 31.0 Å². The molecule has 1 aliphatic heterocycles. The number of halogens is 1. The fraction of sp³-hybridized carbons (Fsp3) is 0.417. The summed E-state index contributed by atoms with van der Waals surface area (Å²) in [5.74, 6) is -0.260. The summed E-state index contributed by atoms with van der Waals surface area (Å²) in [6, 6.07) is 6.13. The minimum absolute atomic E-state index is 0.00962. The Morgan fingerprint density at radius 2 is 2.12 bits per heavy atom. The van der Waals surface area contributed by atoms with Crippen molar-refractivity contribution in [3.8, 4) is 0 Å². The van der Waals surface area contributed by atoms with Crippen LogP contribution >= 0.6 is 0 Å². The van der Waals surface area contributed by atoms with E-state index in [1.807, 2.05) is 6.92 Å². The molecule has 1 aliphatic rings. The van der Waals surface area contributed by atoms with Crippen molar-refractivity contribution in [2.45, 2.75) is 25.4 Å². The zero-order valence-corrected chi connectivity index (χ0v) is 9.66. The Labute approximate surface area is 99.6 Å². The lowest BCUT2D eigenvalue weighted by atomic mass is 10.0.